The smallest absolute Gasteiger partial charge is 0.259 e. The van der Waals surface area contributed by atoms with Crippen molar-refractivity contribution in [1.82, 2.24) is 0 Å². The zero-order valence-electron chi connectivity index (χ0n) is 15.3. The minimum absolute atomic E-state index is 0.0442. The number of benzene rings is 2. The van der Waals surface area contributed by atoms with Crippen LogP contribution in [0.2, 0.25) is 0 Å². The second kappa shape index (κ2) is 8.85. The van der Waals surface area contributed by atoms with E-state index >= 15 is 0 Å². The van der Waals surface area contributed by atoms with Crippen LogP contribution in [0.3, 0.4) is 0 Å². The van der Waals surface area contributed by atoms with Crippen molar-refractivity contribution in [2.24, 2.45) is 5.92 Å². The lowest BCUT2D eigenvalue weighted by atomic mass is 10.1. The fourth-order valence-electron chi connectivity index (χ4n) is 2.20. The Bertz CT molecular complexity index is 803. The van der Waals surface area contributed by atoms with Gasteiger partial charge in [0, 0.05) is 21.8 Å². The Morgan fingerprint density at radius 3 is 2.23 bits per heavy atom. The Morgan fingerprint density at radius 2 is 1.62 bits per heavy atom. The first-order chi connectivity index (χ1) is 12.3. The molecule has 0 fully saturated rings. The quantitative estimate of drug-likeness (QED) is 0.686. The lowest BCUT2D eigenvalue weighted by Crippen LogP contribution is -2.18. The van der Waals surface area contributed by atoms with Gasteiger partial charge in [0.2, 0.25) is 5.91 Å². The molecule has 0 radical (unpaired) electrons. The second-order valence-corrected chi connectivity index (χ2v) is 7.40. The van der Waals surface area contributed by atoms with Crippen molar-refractivity contribution in [3.8, 4) is 5.75 Å². The Labute approximate surface area is 162 Å². The molecule has 0 aliphatic heterocycles. The predicted molar refractivity (Wildman–Crippen MR) is 108 cm³/mol. The van der Waals surface area contributed by atoms with Crippen molar-refractivity contribution >= 4 is 39.1 Å². The minimum Gasteiger partial charge on any atom is -0.490 e. The highest BCUT2D eigenvalue weighted by molar-refractivity contribution is 9.10. The topological polar surface area (TPSA) is 67.4 Å². The van der Waals surface area contributed by atoms with Crippen LogP contribution in [0.4, 0.5) is 11.4 Å². The van der Waals surface area contributed by atoms with E-state index in [1.54, 1.807) is 36.4 Å². The number of anilines is 2. The van der Waals surface area contributed by atoms with Gasteiger partial charge < -0.3 is 15.4 Å². The molecule has 2 aromatic carbocycles. The Balaban J connectivity index is 2.20. The van der Waals surface area contributed by atoms with Gasteiger partial charge in [-0.2, -0.15) is 0 Å². The van der Waals surface area contributed by atoms with Gasteiger partial charge in [0.15, 0.2) is 0 Å². The maximum Gasteiger partial charge on any atom is 0.259 e. The maximum atomic E-state index is 12.7. The molecule has 26 heavy (non-hydrogen) atoms. The van der Waals surface area contributed by atoms with Crippen LogP contribution < -0.4 is 15.4 Å². The van der Waals surface area contributed by atoms with Crippen LogP contribution in [-0.4, -0.2) is 17.9 Å². The van der Waals surface area contributed by atoms with Crippen molar-refractivity contribution in [2.45, 2.75) is 33.8 Å². The molecule has 0 saturated carbocycles. The molecule has 5 nitrogen and oxygen atoms in total. The molecule has 0 spiro atoms. The Morgan fingerprint density at radius 1 is 0.962 bits per heavy atom. The summed E-state index contributed by atoms with van der Waals surface area (Å²) in [5.41, 5.74) is 1.66. The molecule has 2 amide bonds. The van der Waals surface area contributed by atoms with Gasteiger partial charge in [-0.05, 0) is 50.2 Å². The number of hydrogen-bond acceptors (Lipinski definition) is 3. The van der Waals surface area contributed by atoms with E-state index in [1.807, 2.05) is 33.8 Å². The highest BCUT2D eigenvalue weighted by atomic mass is 79.9. The molecule has 0 atom stereocenters. The number of nitrogens with one attached hydrogen (secondary N) is 2. The number of carbonyl (C=O) groups excluding carboxylic acids is 2. The van der Waals surface area contributed by atoms with E-state index in [0.29, 0.717) is 22.7 Å². The normalized spacial score (nSPS) is 10.7. The van der Waals surface area contributed by atoms with Gasteiger partial charge in [-0.25, -0.2) is 0 Å². The zero-order chi connectivity index (χ0) is 19.3. The van der Waals surface area contributed by atoms with Gasteiger partial charge in [0.1, 0.15) is 5.75 Å². The largest absolute Gasteiger partial charge is 0.490 e. The van der Waals surface area contributed by atoms with Crippen LogP contribution in [0.5, 0.6) is 5.75 Å². The van der Waals surface area contributed by atoms with Crippen LogP contribution in [0, 0.1) is 5.92 Å². The second-order valence-electron chi connectivity index (χ2n) is 6.49. The number of halogens is 1. The molecule has 0 heterocycles. The summed E-state index contributed by atoms with van der Waals surface area (Å²) in [4.78, 5) is 24.5. The summed E-state index contributed by atoms with van der Waals surface area (Å²) >= 11 is 3.39. The summed E-state index contributed by atoms with van der Waals surface area (Å²) in [6.45, 7) is 7.46. The molecule has 0 saturated heterocycles. The van der Waals surface area contributed by atoms with Gasteiger partial charge in [0.05, 0.1) is 11.7 Å². The molecule has 138 valence electrons. The van der Waals surface area contributed by atoms with E-state index < -0.39 is 0 Å². The van der Waals surface area contributed by atoms with E-state index in [-0.39, 0.29) is 23.8 Å². The zero-order valence-corrected chi connectivity index (χ0v) is 16.9. The predicted octanol–water partition coefficient (Wildman–Crippen LogP) is 5.08. The minimum atomic E-state index is -0.283. The summed E-state index contributed by atoms with van der Waals surface area (Å²) in [6.07, 6.45) is -0.0442. The Kier molecular flexibility index (Phi) is 6.80. The third-order valence-electron chi connectivity index (χ3n) is 3.46. The van der Waals surface area contributed by atoms with Gasteiger partial charge in [-0.15, -0.1) is 0 Å². The first-order valence-electron chi connectivity index (χ1n) is 8.44. The van der Waals surface area contributed by atoms with Gasteiger partial charge in [0.25, 0.3) is 5.91 Å². The molecule has 2 aromatic rings. The van der Waals surface area contributed by atoms with E-state index in [4.69, 9.17) is 4.74 Å². The van der Waals surface area contributed by atoms with Crippen molar-refractivity contribution in [1.29, 1.82) is 0 Å². The molecule has 0 aliphatic carbocycles. The molecular weight excluding hydrogens is 396 g/mol. The summed E-state index contributed by atoms with van der Waals surface area (Å²) in [6, 6.07) is 12.4. The standard InChI is InChI=1S/C20H23BrN2O3/c1-12(2)19(24)22-15-6-5-7-16(11-15)23-20(25)17-10-14(21)8-9-18(17)26-13(3)4/h5-13H,1-4H3,(H,22,24)(H,23,25). The van der Waals surface area contributed by atoms with Crippen molar-refractivity contribution in [3.63, 3.8) is 0 Å². The SMILES string of the molecule is CC(C)Oc1ccc(Br)cc1C(=O)Nc1cccc(NC(=O)C(C)C)c1. The third kappa shape index (κ3) is 5.59. The third-order valence-corrected chi connectivity index (χ3v) is 3.95. The highest BCUT2D eigenvalue weighted by Crippen LogP contribution is 2.26. The van der Waals surface area contributed by atoms with E-state index in [2.05, 4.69) is 26.6 Å². The number of amides is 2. The lowest BCUT2D eigenvalue weighted by Gasteiger charge is -2.15. The van der Waals surface area contributed by atoms with Crippen LogP contribution in [0.25, 0.3) is 0 Å². The van der Waals surface area contributed by atoms with Crippen LogP contribution in [0.1, 0.15) is 38.1 Å². The molecule has 0 bridgehead atoms. The summed E-state index contributed by atoms with van der Waals surface area (Å²) in [7, 11) is 0. The van der Waals surface area contributed by atoms with Gasteiger partial charge in [-0.1, -0.05) is 35.8 Å². The van der Waals surface area contributed by atoms with Crippen molar-refractivity contribution in [2.75, 3.05) is 10.6 Å². The number of carbonyl (C=O) groups is 2. The molecule has 2 rings (SSSR count). The summed E-state index contributed by atoms with van der Waals surface area (Å²) in [5, 5.41) is 5.67. The molecule has 6 heteroatoms. The highest BCUT2D eigenvalue weighted by Gasteiger charge is 2.15. The molecule has 0 aliphatic rings. The average molecular weight is 419 g/mol. The van der Waals surface area contributed by atoms with Crippen LogP contribution in [0.15, 0.2) is 46.9 Å². The molecule has 2 N–H and O–H groups in total. The number of hydrogen-bond donors (Lipinski definition) is 2. The molecule has 0 unspecified atom stereocenters. The number of ether oxygens (including phenoxy) is 1. The fourth-order valence-corrected chi connectivity index (χ4v) is 2.56. The Hall–Kier alpha value is -2.34. The van der Waals surface area contributed by atoms with E-state index in [1.165, 1.54) is 0 Å². The van der Waals surface area contributed by atoms with Crippen LogP contribution >= 0.6 is 15.9 Å². The first-order valence-corrected chi connectivity index (χ1v) is 9.24. The molecule has 0 aromatic heterocycles. The monoisotopic (exact) mass is 418 g/mol. The summed E-state index contributed by atoms with van der Waals surface area (Å²) < 4.78 is 6.51. The first kappa shape index (κ1) is 20.0. The van der Waals surface area contributed by atoms with Crippen LogP contribution in [-0.2, 0) is 4.79 Å². The fraction of sp³-hybridized carbons (Fsp3) is 0.300. The summed E-state index contributed by atoms with van der Waals surface area (Å²) in [5.74, 6) is 0.0398. The maximum absolute atomic E-state index is 12.7. The van der Waals surface area contributed by atoms with E-state index in [9.17, 15) is 9.59 Å². The molecular formula is C20H23BrN2O3. The van der Waals surface area contributed by atoms with Crippen molar-refractivity contribution in [3.05, 3.63) is 52.5 Å². The van der Waals surface area contributed by atoms with Gasteiger partial charge in [-0.3, -0.25) is 9.59 Å². The van der Waals surface area contributed by atoms with Gasteiger partial charge >= 0.3 is 0 Å². The average Bonchev–Trinajstić information content (AvgIpc) is 2.56. The van der Waals surface area contributed by atoms with Crippen molar-refractivity contribution < 1.29 is 14.3 Å². The number of rotatable bonds is 6. The van der Waals surface area contributed by atoms with E-state index in [0.717, 1.165) is 4.47 Å². The lowest BCUT2D eigenvalue weighted by molar-refractivity contribution is -0.118.